The van der Waals surface area contributed by atoms with Crippen LogP contribution >= 0.6 is 0 Å². The van der Waals surface area contributed by atoms with Crippen molar-refractivity contribution in [3.63, 3.8) is 0 Å². The van der Waals surface area contributed by atoms with Gasteiger partial charge >= 0.3 is 0 Å². The highest BCUT2D eigenvalue weighted by Crippen LogP contribution is 2.24. The lowest BCUT2D eigenvalue weighted by molar-refractivity contribution is 0.439. The molecule has 0 aliphatic rings. The highest BCUT2D eigenvalue weighted by Gasteiger charge is 2.06. The molecule has 0 radical (unpaired) electrons. The molecule has 2 aromatic rings. The van der Waals surface area contributed by atoms with E-state index in [1.165, 1.54) is 6.07 Å². The van der Waals surface area contributed by atoms with Crippen LogP contribution in [0.25, 0.3) is 0 Å². The number of nitrogens with zero attached hydrogens (tertiary/aromatic N) is 1. The van der Waals surface area contributed by atoms with E-state index in [0.717, 1.165) is 5.56 Å². The predicted octanol–water partition coefficient (Wildman–Crippen LogP) is 3.51. The van der Waals surface area contributed by atoms with Crippen LogP contribution in [0.2, 0.25) is 0 Å². The van der Waals surface area contributed by atoms with E-state index in [1.54, 1.807) is 30.6 Å². The molecular weight excluding hydrogens is 243 g/mol. The van der Waals surface area contributed by atoms with Gasteiger partial charge in [-0.2, -0.15) is 0 Å². The Kier molecular flexibility index (Phi) is 4.47. The van der Waals surface area contributed by atoms with Crippen molar-refractivity contribution in [2.75, 3.05) is 0 Å². The first-order chi connectivity index (χ1) is 9.15. The van der Waals surface area contributed by atoms with Gasteiger partial charge < -0.3 is 10.1 Å². The number of aromatic nitrogens is 1. The second-order valence-corrected chi connectivity index (χ2v) is 4.59. The van der Waals surface area contributed by atoms with Crippen LogP contribution in [0, 0.1) is 5.82 Å². The molecule has 0 amide bonds. The number of pyridine rings is 1. The monoisotopic (exact) mass is 260 g/mol. The minimum Gasteiger partial charge on any atom is -0.453 e. The normalized spacial score (nSPS) is 10.7. The van der Waals surface area contributed by atoms with Gasteiger partial charge in [0.15, 0.2) is 11.6 Å². The number of ether oxygens (including phenoxy) is 1. The van der Waals surface area contributed by atoms with Crippen LogP contribution in [0.15, 0.2) is 42.7 Å². The third-order valence-electron chi connectivity index (χ3n) is 2.57. The quantitative estimate of drug-likeness (QED) is 0.893. The van der Waals surface area contributed by atoms with E-state index in [-0.39, 0.29) is 11.6 Å². The minimum atomic E-state index is -0.369. The Morgan fingerprint density at radius 3 is 2.79 bits per heavy atom. The van der Waals surface area contributed by atoms with Gasteiger partial charge in [-0.15, -0.1) is 0 Å². The van der Waals surface area contributed by atoms with Gasteiger partial charge in [-0.05, 0) is 29.8 Å². The average molecular weight is 260 g/mol. The SMILES string of the molecule is CC(C)NCc1ccc(Oc2cccnc2)c(F)c1. The van der Waals surface area contributed by atoms with E-state index < -0.39 is 0 Å². The molecule has 0 aliphatic heterocycles. The van der Waals surface area contributed by atoms with Crippen molar-refractivity contribution in [1.29, 1.82) is 0 Å². The Labute approximate surface area is 112 Å². The molecule has 0 saturated carbocycles. The molecule has 100 valence electrons. The predicted molar refractivity (Wildman–Crippen MR) is 72.7 cm³/mol. The molecule has 2 rings (SSSR count). The fourth-order valence-electron chi connectivity index (χ4n) is 1.59. The van der Waals surface area contributed by atoms with Crippen molar-refractivity contribution < 1.29 is 9.13 Å². The van der Waals surface area contributed by atoms with Crippen LogP contribution in [0.5, 0.6) is 11.5 Å². The zero-order chi connectivity index (χ0) is 13.7. The molecule has 1 aromatic carbocycles. The summed E-state index contributed by atoms with van der Waals surface area (Å²) >= 11 is 0. The molecular formula is C15H17FN2O. The first kappa shape index (κ1) is 13.5. The standard InChI is InChI=1S/C15H17FN2O/c1-11(2)18-9-12-5-6-15(14(16)8-12)19-13-4-3-7-17-10-13/h3-8,10-11,18H,9H2,1-2H3. The Hall–Kier alpha value is -1.94. The second kappa shape index (κ2) is 6.29. The summed E-state index contributed by atoms with van der Waals surface area (Å²) in [5, 5.41) is 3.24. The fraction of sp³-hybridized carbons (Fsp3) is 0.267. The summed E-state index contributed by atoms with van der Waals surface area (Å²) in [6, 6.07) is 8.83. The van der Waals surface area contributed by atoms with Crippen LogP contribution in [0.1, 0.15) is 19.4 Å². The summed E-state index contributed by atoms with van der Waals surface area (Å²) in [5.41, 5.74) is 0.893. The molecule has 0 bridgehead atoms. The number of hydrogen-bond donors (Lipinski definition) is 1. The van der Waals surface area contributed by atoms with Crippen molar-refractivity contribution in [3.8, 4) is 11.5 Å². The summed E-state index contributed by atoms with van der Waals surface area (Å²) < 4.78 is 19.3. The van der Waals surface area contributed by atoms with Gasteiger partial charge in [0.1, 0.15) is 5.75 Å². The summed E-state index contributed by atoms with van der Waals surface area (Å²) in [7, 11) is 0. The lowest BCUT2D eigenvalue weighted by atomic mass is 10.2. The van der Waals surface area contributed by atoms with E-state index in [9.17, 15) is 4.39 Å². The number of nitrogens with one attached hydrogen (secondary N) is 1. The highest BCUT2D eigenvalue weighted by molar-refractivity contribution is 5.33. The van der Waals surface area contributed by atoms with Crippen LogP contribution < -0.4 is 10.1 Å². The maximum absolute atomic E-state index is 13.9. The first-order valence-corrected chi connectivity index (χ1v) is 6.25. The molecule has 0 atom stereocenters. The van der Waals surface area contributed by atoms with Crippen LogP contribution in [0.4, 0.5) is 4.39 Å². The van der Waals surface area contributed by atoms with Gasteiger partial charge in [0, 0.05) is 18.8 Å². The average Bonchev–Trinajstić information content (AvgIpc) is 2.40. The number of halogens is 1. The Morgan fingerprint density at radius 1 is 1.32 bits per heavy atom. The van der Waals surface area contributed by atoms with Gasteiger partial charge in [-0.1, -0.05) is 19.9 Å². The molecule has 1 aromatic heterocycles. The largest absolute Gasteiger partial charge is 0.453 e. The fourth-order valence-corrected chi connectivity index (χ4v) is 1.59. The number of rotatable bonds is 5. The molecule has 0 aliphatic carbocycles. The molecule has 0 saturated heterocycles. The molecule has 3 nitrogen and oxygen atoms in total. The highest BCUT2D eigenvalue weighted by atomic mass is 19.1. The van der Waals surface area contributed by atoms with Gasteiger partial charge in [-0.25, -0.2) is 4.39 Å². The van der Waals surface area contributed by atoms with E-state index in [4.69, 9.17) is 4.74 Å². The van der Waals surface area contributed by atoms with Crippen molar-refractivity contribution in [3.05, 3.63) is 54.1 Å². The van der Waals surface area contributed by atoms with Crippen molar-refractivity contribution in [1.82, 2.24) is 10.3 Å². The zero-order valence-corrected chi connectivity index (χ0v) is 11.1. The first-order valence-electron chi connectivity index (χ1n) is 6.25. The molecule has 1 N–H and O–H groups in total. The van der Waals surface area contributed by atoms with E-state index >= 15 is 0 Å². The second-order valence-electron chi connectivity index (χ2n) is 4.59. The molecule has 0 fully saturated rings. The lowest BCUT2D eigenvalue weighted by Gasteiger charge is -2.10. The summed E-state index contributed by atoms with van der Waals surface area (Å²) in [5.74, 6) is 0.364. The minimum absolute atomic E-state index is 0.210. The molecule has 19 heavy (non-hydrogen) atoms. The third-order valence-corrected chi connectivity index (χ3v) is 2.57. The van der Waals surface area contributed by atoms with Crippen molar-refractivity contribution in [2.45, 2.75) is 26.4 Å². The van der Waals surface area contributed by atoms with Crippen LogP contribution in [0.3, 0.4) is 0 Å². The summed E-state index contributed by atoms with van der Waals surface area (Å²) in [6.07, 6.45) is 3.19. The molecule has 0 unspecified atom stereocenters. The van der Waals surface area contributed by atoms with Gasteiger partial charge in [0.25, 0.3) is 0 Å². The van der Waals surface area contributed by atoms with Gasteiger partial charge in [0.05, 0.1) is 6.20 Å². The summed E-state index contributed by atoms with van der Waals surface area (Å²) in [4.78, 5) is 3.92. The molecule has 0 spiro atoms. The van der Waals surface area contributed by atoms with Gasteiger partial charge in [-0.3, -0.25) is 4.98 Å². The van der Waals surface area contributed by atoms with Gasteiger partial charge in [0.2, 0.25) is 0 Å². The van der Waals surface area contributed by atoms with Crippen LogP contribution in [-0.4, -0.2) is 11.0 Å². The Morgan fingerprint density at radius 2 is 2.16 bits per heavy atom. The number of hydrogen-bond acceptors (Lipinski definition) is 3. The Bertz CT molecular complexity index is 529. The van der Waals surface area contributed by atoms with Crippen molar-refractivity contribution in [2.24, 2.45) is 0 Å². The van der Waals surface area contributed by atoms with E-state index in [0.29, 0.717) is 18.3 Å². The number of benzene rings is 1. The lowest BCUT2D eigenvalue weighted by Crippen LogP contribution is -2.21. The molecule has 4 heteroatoms. The van der Waals surface area contributed by atoms with Crippen LogP contribution in [-0.2, 0) is 6.54 Å². The topological polar surface area (TPSA) is 34.1 Å². The third kappa shape index (κ3) is 4.03. The zero-order valence-electron chi connectivity index (χ0n) is 11.1. The summed E-state index contributed by atoms with van der Waals surface area (Å²) in [6.45, 7) is 4.74. The smallest absolute Gasteiger partial charge is 0.166 e. The maximum atomic E-state index is 13.9. The Balaban J connectivity index is 2.07. The molecule has 1 heterocycles. The maximum Gasteiger partial charge on any atom is 0.166 e. The van der Waals surface area contributed by atoms with E-state index in [1.807, 2.05) is 6.07 Å². The van der Waals surface area contributed by atoms with E-state index in [2.05, 4.69) is 24.1 Å². The van der Waals surface area contributed by atoms with Crippen molar-refractivity contribution >= 4 is 0 Å².